The van der Waals surface area contributed by atoms with Crippen LogP contribution in [0.15, 0.2) is 42.7 Å². The Morgan fingerprint density at radius 2 is 1.92 bits per heavy atom. The minimum Gasteiger partial charge on any atom is -0.396 e. The number of halogens is 1. The zero-order valence-electron chi connectivity index (χ0n) is 13.7. The fraction of sp³-hybridized carbons (Fsp3) is 0.111. The van der Waals surface area contributed by atoms with Gasteiger partial charge in [-0.3, -0.25) is 4.79 Å². The van der Waals surface area contributed by atoms with E-state index >= 15 is 0 Å². The second kappa shape index (κ2) is 6.64. The maximum Gasteiger partial charge on any atom is 0.222 e. The number of carbonyl (C=O) groups excluding carboxylic acids is 1. The van der Waals surface area contributed by atoms with Crippen LogP contribution in [0, 0.1) is 12.7 Å². The van der Waals surface area contributed by atoms with E-state index in [1.54, 1.807) is 43.6 Å². The smallest absolute Gasteiger partial charge is 0.222 e. The number of nitrogens with two attached hydrogens (primary N) is 1. The summed E-state index contributed by atoms with van der Waals surface area (Å²) < 4.78 is 13.6. The van der Waals surface area contributed by atoms with Crippen molar-refractivity contribution < 1.29 is 9.18 Å². The van der Waals surface area contributed by atoms with Gasteiger partial charge < -0.3 is 11.1 Å². The van der Waals surface area contributed by atoms with Crippen molar-refractivity contribution in [2.45, 2.75) is 13.8 Å². The van der Waals surface area contributed by atoms with Gasteiger partial charge in [0.1, 0.15) is 11.6 Å². The lowest BCUT2D eigenvalue weighted by molar-refractivity contribution is -0.114. The Kier molecular flexibility index (Phi) is 4.38. The second-order valence-electron chi connectivity index (χ2n) is 5.57. The largest absolute Gasteiger partial charge is 0.396 e. The number of rotatable bonds is 3. The van der Waals surface area contributed by atoms with E-state index in [9.17, 15) is 9.18 Å². The standard InChI is InChI=1S/C18H16FN5O/c1-10-7-14(19)15(20)9-13(10)16-4-6-22-18(24-16)12-3-5-21-17(8-12)23-11(2)25/h3-9H,20H2,1-2H3,(H,21,23,25). The molecule has 0 radical (unpaired) electrons. The summed E-state index contributed by atoms with van der Waals surface area (Å²) in [5, 5.41) is 2.62. The van der Waals surface area contributed by atoms with Crippen LogP contribution >= 0.6 is 0 Å². The lowest BCUT2D eigenvalue weighted by Gasteiger charge is -2.09. The van der Waals surface area contributed by atoms with Gasteiger partial charge in [-0.2, -0.15) is 0 Å². The van der Waals surface area contributed by atoms with E-state index in [1.807, 2.05) is 0 Å². The lowest BCUT2D eigenvalue weighted by atomic mass is 10.0. The van der Waals surface area contributed by atoms with Gasteiger partial charge in [-0.15, -0.1) is 0 Å². The summed E-state index contributed by atoms with van der Waals surface area (Å²) in [4.78, 5) is 24.1. The first-order chi connectivity index (χ1) is 11.9. The highest BCUT2D eigenvalue weighted by Gasteiger charge is 2.11. The van der Waals surface area contributed by atoms with E-state index in [1.165, 1.54) is 13.0 Å². The molecule has 0 aliphatic carbocycles. The molecule has 3 rings (SSSR count). The van der Waals surface area contributed by atoms with E-state index < -0.39 is 5.82 Å². The summed E-state index contributed by atoms with van der Waals surface area (Å²) in [6.07, 6.45) is 3.19. The number of hydrogen-bond acceptors (Lipinski definition) is 5. The van der Waals surface area contributed by atoms with Crippen molar-refractivity contribution in [3.63, 3.8) is 0 Å². The molecular formula is C18H16FN5O. The molecule has 7 heteroatoms. The number of nitrogens with zero attached hydrogens (tertiary/aromatic N) is 3. The molecule has 0 fully saturated rings. The van der Waals surface area contributed by atoms with Crippen molar-refractivity contribution >= 4 is 17.4 Å². The first-order valence-corrected chi connectivity index (χ1v) is 7.57. The topological polar surface area (TPSA) is 93.8 Å². The number of benzene rings is 1. The Hall–Kier alpha value is -3.35. The molecule has 0 saturated heterocycles. The Morgan fingerprint density at radius 3 is 2.68 bits per heavy atom. The summed E-state index contributed by atoms with van der Waals surface area (Å²) in [6, 6.07) is 8.11. The van der Waals surface area contributed by atoms with Crippen LogP contribution in [0.25, 0.3) is 22.6 Å². The molecule has 0 atom stereocenters. The van der Waals surface area contributed by atoms with Gasteiger partial charge in [0.05, 0.1) is 11.4 Å². The van der Waals surface area contributed by atoms with Crippen LogP contribution in [-0.2, 0) is 4.79 Å². The second-order valence-corrected chi connectivity index (χ2v) is 5.57. The third-order valence-electron chi connectivity index (χ3n) is 3.60. The highest BCUT2D eigenvalue weighted by atomic mass is 19.1. The summed E-state index contributed by atoms with van der Waals surface area (Å²) in [7, 11) is 0. The Morgan fingerprint density at radius 1 is 1.16 bits per heavy atom. The molecule has 3 N–H and O–H groups in total. The first kappa shape index (κ1) is 16.5. The highest BCUT2D eigenvalue weighted by Crippen LogP contribution is 2.27. The van der Waals surface area contributed by atoms with Gasteiger partial charge in [0, 0.05) is 30.4 Å². The molecule has 0 unspecified atom stereocenters. The van der Waals surface area contributed by atoms with Gasteiger partial charge in [0.15, 0.2) is 5.82 Å². The number of hydrogen-bond donors (Lipinski definition) is 2. The van der Waals surface area contributed by atoms with Crippen LogP contribution in [-0.4, -0.2) is 20.9 Å². The zero-order chi connectivity index (χ0) is 18.0. The SMILES string of the molecule is CC(=O)Nc1cc(-c2nccc(-c3cc(N)c(F)cc3C)n2)ccn1. The van der Waals surface area contributed by atoms with Crippen molar-refractivity contribution in [3.05, 3.63) is 54.1 Å². The molecule has 0 bridgehead atoms. The van der Waals surface area contributed by atoms with Gasteiger partial charge in [-0.1, -0.05) is 0 Å². The van der Waals surface area contributed by atoms with Gasteiger partial charge in [0.2, 0.25) is 5.91 Å². The zero-order valence-corrected chi connectivity index (χ0v) is 13.7. The monoisotopic (exact) mass is 337 g/mol. The number of aromatic nitrogens is 3. The minimum atomic E-state index is -0.454. The number of nitrogen functional groups attached to an aromatic ring is 1. The molecule has 1 amide bonds. The third-order valence-corrected chi connectivity index (χ3v) is 3.60. The fourth-order valence-corrected chi connectivity index (χ4v) is 2.43. The van der Waals surface area contributed by atoms with Crippen molar-refractivity contribution in [2.75, 3.05) is 11.1 Å². The predicted molar refractivity (Wildman–Crippen MR) is 94.1 cm³/mol. The summed E-state index contributed by atoms with van der Waals surface area (Å²) >= 11 is 0. The molecule has 0 saturated carbocycles. The Balaban J connectivity index is 2.03. The molecule has 0 aliphatic rings. The van der Waals surface area contributed by atoms with Crippen molar-refractivity contribution in [1.82, 2.24) is 15.0 Å². The van der Waals surface area contributed by atoms with Crippen LogP contribution in [0.3, 0.4) is 0 Å². The molecule has 2 heterocycles. The van der Waals surface area contributed by atoms with E-state index in [0.29, 0.717) is 22.9 Å². The van der Waals surface area contributed by atoms with Crippen molar-refractivity contribution in [1.29, 1.82) is 0 Å². The normalized spacial score (nSPS) is 10.5. The first-order valence-electron chi connectivity index (χ1n) is 7.57. The van der Waals surface area contributed by atoms with Gasteiger partial charge in [-0.05, 0) is 42.8 Å². The third kappa shape index (κ3) is 3.60. The molecule has 6 nitrogen and oxygen atoms in total. The number of aryl methyl sites for hydroxylation is 1. The van der Waals surface area contributed by atoms with E-state index in [0.717, 1.165) is 11.1 Å². The van der Waals surface area contributed by atoms with Gasteiger partial charge in [-0.25, -0.2) is 19.3 Å². The Labute approximate surface area is 144 Å². The average Bonchev–Trinajstić information content (AvgIpc) is 2.58. The number of nitrogens with one attached hydrogen (secondary N) is 1. The Bertz CT molecular complexity index is 958. The predicted octanol–water partition coefficient (Wildman–Crippen LogP) is 3.19. The van der Waals surface area contributed by atoms with E-state index in [-0.39, 0.29) is 11.6 Å². The molecule has 0 spiro atoms. The number of amides is 1. The molecule has 2 aromatic heterocycles. The molecule has 3 aromatic rings. The van der Waals surface area contributed by atoms with Crippen LogP contribution in [0.1, 0.15) is 12.5 Å². The van der Waals surface area contributed by atoms with Crippen LogP contribution in [0.5, 0.6) is 0 Å². The van der Waals surface area contributed by atoms with Gasteiger partial charge in [0.25, 0.3) is 0 Å². The molecule has 126 valence electrons. The van der Waals surface area contributed by atoms with Crippen molar-refractivity contribution in [2.24, 2.45) is 0 Å². The fourth-order valence-electron chi connectivity index (χ4n) is 2.43. The van der Waals surface area contributed by atoms with Crippen molar-refractivity contribution in [3.8, 4) is 22.6 Å². The highest BCUT2D eigenvalue weighted by molar-refractivity contribution is 5.88. The summed E-state index contributed by atoms with van der Waals surface area (Å²) in [6.45, 7) is 3.20. The minimum absolute atomic E-state index is 0.0672. The molecular weight excluding hydrogens is 321 g/mol. The average molecular weight is 337 g/mol. The van der Waals surface area contributed by atoms with Crippen LogP contribution < -0.4 is 11.1 Å². The van der Waals surface area contributed by atoms with Crippen LogP contribution in [0.4, 0.5) is 15.9 Å². The quantitative estimate of drug-likeness (QED) is 0.716. The molecule has 1 aromatic carbocycles. The molecule has 25 heavy (non-hydrogen) atoms. The van der Waals surface area contributed by atoms with E-state index in [4.69, 9.17) is 5.73 Å². The number of carbonyl (C=O) groups is 1. The van der Waals surface area contributed by atoms with Gasteiger partial charge >= 0.3 is 0 Å². The molecule has 0 aliphatic heterocycles. The number of pyridine rings is 1. The maximum absolute atomic E-state index is 13.6. The van der Waals surface area contributed by atoms with E-state index in [2.05, 4.69) is 20.3 Å². The number of anilines is 2. The van der Waals surface area contributed by atoms with Crippen LogP contribution in [0.2, 0.25) is 0 Å². The lowest BCUT2D eigenvalue weighted by Crippen LogP contribution is -2.07. The summed E-state index contributed by atoms with van der Waals surface area (Å²) in [5.74, 6) is 0.219. The maximum atomic E-state index is 13.6. The summed E-state index contributed by atoms with van der Waals surface area (Å²) in [5.41, 5.74) is 8.54.